The molecule has 1 atom stereocenters. The Labute approximate surface area is 88.7 Å². The number of nitrogens with two attached hydrogens (primary N) is 1. The van der Waals surface area contributed by atoms with Gasteiger partial charge in [0.25, 0.3) is 0 Å². The Hall–Kier alpha value is -0.260. The maximum absolute atomic E-state index is 12.2. The second-order valence-corrected chi connectivity index (χ2v) is 4.16. The fourth-order valence-electron chi connectivity index (χ4n) is 0.989. The van der Waals surface area contributed by atoms with E-state index in [9.17, 15) is 13.2 Å². The second kappa shape index (κ2) is 4.51. The molecule has 6 heteroatoms. The van der Waals surface area contributed by atoms with Gasteiger partial charge in [0.2, 0.25) is 0 Å². The third kappa shape index (κ3) is 3.15. The highest BCUT2D eigenvalue weighted by Crippen LogP contribution is 2.34. The lowest BCUT2D eigenvalue weighted by atomic mass is 10.1. The van der Waals surface area contributed by atoms with E-state index in [1.807, 2.05) is 0 Å². The molecule has 0 saturated carbocycles. The first-order chi connectivity index (χ1) is 6.43. The fraction of sp³-hybridized carbons (Fsp3) is 0.500. The molecule has 80 valence electrons. The van der Waals surface area contributed by atoms with Gasteiger partial charge in [-0.1, -0.05) is 0 Å². The molecular weight excluding hydrogens is 235 g/mol. The second-order valence-electron chi connectivity index (χ2n) is 2.94. The molecule has 0 bridgehead atoms. The van der Waals surface area contributed by atoms with Crippen LogP contribution >= 0.6 is 22.9 Å². The van der Waals surface area contributed by atoms with Crippen LogP contribution in [0.15, 0.2) is 11.4 Å². The van der Waals surface area contributed by atoms with Crippen molar-refractivity contribution in [2.75, 3.05) is 5.88 Å². The van der Waals surface area contributed by atoms with Crippen LogP contribution in [0.1, 0.15) is 10.4 Å². The summed E-state index contributed by atoms with van der Waals surface area (Å²) < 4.78 is 36.5. The van der Waals surface area contributed by atoms with Crippen molar-refractivity contribution < 1.29 is 13.2 Å². The quantitative estimate of drug-likeness (QED) is 0.812. The topological polar surface area (TPSA) is 26.0 Å². The molecule has 0 amide bonds. The summed E-state index contributed by atoms with van der Waals surface area (Å²) in [5, 5.41) is 1.47. The Morgan fingerprint density at radius 2 is 2.14 bits per heavy atom. The van der Waals surface area contributed by atoms with Crippen LogP contribution in [0.4, 0.5) is 13.2 Å². The third-order valence-electron chi connectivity index (χ3n) is 1.63. The minimum atomic E-state index is -4.26. The van der Waals surface area contributed by atoms with Crippen LogP contribution in [0.5, 0.6) is 0 Å². The number of alkyl halides is 4. The zero-order chi connectivity index (χ0) is 10.8. The summed E-state index contributed by atoms with van der Waals surface area (Å²) in [7, 11) is 0. The maximum Gasteiger partial charge on any atom is 0.425 e. The minimum absolute atomic E-state index is 0.247. The van der Waals surface area contributed by atoms with E-state index < -0.39 is 11.1 Å². The van der Waals surface area contributed by atoms with Gasteiger partial charge in [-0.2, -0.15) is 13.2 Å². The van der Waals surface area contributed by atoms with Gasteiger partial charge in [0.15, 0.2) is 0 Å². The van der Waals surface area contributed by atoms with Crippen LogP contribution < -0.4 is 5.73 Å². The molecule has 14 heavy (non-hydrogen) atoms. The van der Waals surface area contributed by atoms with E-state index in [-0.39, 0.29) is 11.9 Å². The number of rotatable bonds is 3. The largest absolute Gasteiger partial charge is 0.425 e. The molecule has 0 aliphatic heterocycles. The molecule has 2 N–H and O–H groups in total. The average molecular weight is 244 g/mol. The van der Waals surface area contributed by atoms with Gasteiger partial charge < -0.3 is 5.73 Å². The number of hydrogen-bond acceptors (Lipinski definition) is 2. The molecule has 1 heterocycles. The molecule has 0 spiro atoms. The molecule has 0 saturated heterocycles. The van der Waals surface area contributed by atoms with E-state index in [1.165, 1.54) is 5.38 Å². The molecule has 0 radical (unpaired) electrons. The first-order valence-electron chi connectivity index (χ1n) is 3.89. The molecule has 1 aromatic rings. The third-order valence-corrected chi connectivity index (χ3v) is 3.05. The maximum atomic E-state index is 12.2. The molecule has 0 fully saturated rings. The number of thiophene rings is 1. The highest BCUT2D eigenvalue weighted by atomic mass is 35.5. The Balaban J connectivity index is 2.69. The Morgan fingerprint density at radius 3 is 2.57 bits per heavy atom. The summed E-state index contributed by atoms with van der Waals surface area (Å²) in [5.74, 6) is 0.247. The molecule has 0 aromatic carbocycles. The van der Waals surface area contributed by atoms with Crippen LogP contribution in [0.3, 0.4) is 0 Å². The summed E-state index contributed by atoms with van der Waals surface area (Å²) in [6, 6.07) is 0.837. The Kier molecular flexibility index (Phi) is 3.80. The van der Waals surface area contributed by atoms with E-state index in [1.54, 1.807) is 0 Å². The van der Waals surface area contributed by atoms with Gasteiger partial charge in [-0.05, 0) is 23.4 Å². The van der Waals surface area contributed by atoms with Crippen molar-refractivity contribution >= 4 is 22.9 Å². The summed E-state index contributed by atoms with van der Waals surface area (Å²) >= 11 is 6.14. The average Bonchev–Trinajstić information content (AvgIpc) is 2.51. The van der Waals surface area contributed by atoms with E-state index in [0.29, 0.717) is 23.3 Å². The number of halogens is 4. The van der Waals surface area contributed by atoms with Crippen LogP contribution in [-0.2, 0) is 12.6 Å². The predicted molar refractivity (Wildman–Crippen MR) is 51.7 cm³/mol. The summed E-state index contributed by atoms with van der Waals surface area (Å²) in [6.07, 6.45) is -3.87. The van der Waals surface area contributed by atoms with Crippen molar-refractivity contribution in [1.82, 2.24) is 0 Å². The van der Waals surface area contributed by atoms with E-state index in [0.717, 1.165) is 6.07 Å². The first kappa shape index (κ1) is 11.8. The van der Waals surface area contributed by atoms with Crippen LogP contribution in [0.2, 0.25) is 0 Å². The van der Waals surface area contributed by atoms with Crippen molar-refractivity contribution in [3.63, 3.8) is 0 Å². The van der Waals surface area contributed by atoms with E-state index in [2.05, 4.69) is 0 Å². The van der Waals surface area contributed by atoms with Crippen molar-refractivity contribution in [1.29, 1.82) is 0 Å². The lowest BCUT2D eigenvalue weighted by Gasteiger charge is -2.04. The Morgan fingerprint density at radius 1 is 1.50 bits per heavy atom. The van der Waals surface area contributed by atoms with Crippen molar-refractivity contribution in [3.05, 3.63) is 21.9 Å². The number of hydrogen-bond donors (Lipinski definition) is 1. The molecule has 1 aromatic heterocycles. The van der Waals surface area contributed by atoms with E-state index >= 15 is 0 Å². The van der Waals surface area contributed by atoms with Gasteiger partial charge in [-0.25, -0.2) is 0 Å². The molecule has 0 aliphatic carbocycles. The molecule has 0 aliphatic rings. The van der Waals surface area contributed by atoms with Crippen LogP contribution in [0, 0.1) is 0 Å². The van der Waals surface area contributed by atoms with Gasteiger partial charge in [0.05, 0.1) is 0 Å². The zero-order valence-electron chi connectivity index (χ0n) is 7.14. The van der Waals surface area contributed by atoms with Gasteiger partial charge in [0, 0.05) is 11.9 Å². The smallest absolute Gasteiger partial charge is 0.326 e. The van der Waals surface area contributed by atoms with Gasteiger partial charge in [-0.3, -0.25) is 0 Å². The standard InChI is InChI=1S/C8H9ClF3NS/c9-3-6(13)1-5-2-7(14-4-5)8(10,11)12/h2,4,6H,1,3,13H2/t6-/m0/s1. The molecular formula is C8H9ClF3NS. The van der Waals surface area contributed by atoms with Crippen LogP contribution in [0.25, 0.3) is 0 Å². The highest BCUT2D eigenvalue weighted by molar-refractivity contribution is 7.10. The summed E-state index contributed by atoms with van der Waals surface area (Å²) in [5.41, 5.74) is 6.11. The molecule has 1 nitrogen and oxygen atoms in total. The van der Waals surface area contributed by atoms with Crippen LogP contribution in [-0.4, -0.2) is 11.9 Å². The first-order valence-corrected chi connectivity index (χ1v) is 5.31. The summed E-state index contributed by atoms with van der Waals surface area (Å²) in [6.45, 7) is 0. The normalized spacial score (nSPS) is 14.4. The zero-order valence-corrected chi connectivity index (χ0v) is 8.72. The highest BCUT2D eigenvalue weighted by Gasteiger charge is 2.32. The molecule has 0 unspecified atom stereocenters. The fourth-order valence-corrected chi connectivity index (χ4v) is 1.89. The minimum Gasteiger partial charge on any atom is -0.326 e. The predicted octanol–water partition coefficient (Wildman–Crippen LogP) is 2.88. The Bertz CT molecular complexity index is 297. The van der Waals surface area contributed by atoms with Crippen molar-refractivity contribution in [2.24, 2.45) is 5.73 Å². The van der Waals surface area contributed by atoms with Crippen molar-refractivity contribution in [2.45, 2.75) is 18.6 Å². The SMILES string of the molecule is N[C@H](CCl)Cc1csc(C(F)(F)F)c1. The summed E-state index contributed by atoms with van der Waals surface area (Å²) in [4.78, 5) is -0.589. The van der Waals surface area contributed by atoms with Gasteiger partial charge in [0.1, 0.15) is 4.88 Å². The van der Waals surface area contributed by atoms with Gasteiger partial charge in [-0.15, -0.1) is 22.9 Å². The molecule has 1 rings (SSSR count). The van der Waals surface area contributed by atoms with Crippen molar-refractivity contribution in [3.8, 4) is 0 Å². The van der Waals surface area contributed by atoms with Gasteiger partial charge >= 0.3 is 6.18 Å². The lowest BCUT2D eigenvalue weighted by molar-refractivity contribution is -0.134. The van der Waals surface area contributed by atoms with E-state index in [4.69, 9.17) is 17.3 Å². The lowest BCUT2D eigenvalue weighted by Crippen LogP contribution is -2.24. The monoisotopic (exact) mass is 243 g/mol.